The molecule has 0 heterocycles. The van der Waals surface area contributed by atoms with Gasteiger partial charge in [-0.15, -0.1) is 13.8 Å². The monoisotopic (exact) mass is 634 g/mol. The molecule has 35 heavy (non-hydrogen) atoms. The van der Waals surface area contributed by atoms with Crippen LogP contribution in [0.15, 0.2) is 33.8 Å². The Morgan fingerprint density at radius 3 is 0.971 bits per heavy atom. The molecule has 0 fully saturated rings. The van der Waals surface area contributed by atoms with Crippen molar-refractivity contribution < 1.29 is 59.9 Å². The van der Waals surface area contributed by atoms with E-state index >= 15 is 0 Å². The van der Waals surface area contributed by atoms with Crippen LogP contribution in [0.25, 0.3) is 0 Å². The molecular formula is C28H50Cl2O2Si2Zr. The van der Waals surface area contributed by atoms with E-state index < -0.39 is 18.1 Å². The average molecular weight is 637 g/mol. The van der Waals surface area contributed by atoms with Crippen molar-refractivity contribution in [2.45, 2.75) is 109 Å². The molecule has 0 saturated carbocycles. The van der Waals surface area contributed by atoms with Gasteiger partial charge in [0.1, 0.15) is 0 Å². The predicted octanol–water partition coefficient (Wildman–Crippen LogP) is 2.16. The first kappa shape index (κ1) is 40.0. The Balaban J connectivity index is -0.000000539. The van der Waals surface area contributed by atoms with Gasteiger partial charge in [0.2, 0.25) is 18.1 Å². The Bertz CT molecular complexity index is 776. The maximum Gasteiger partial charge on any atom is 4.00 e. The number of rotatable bonds is 4. The van der Waals surface area contributed by atoms with Crippen LogP contribution < -0.4 is 24.8 Å². The molecule has 0 radical (unpaired) electrons. The second kappa shape index (κ2) is 14.0. The van der Waals surface area contributed by atoms with E-state index in [0.717, 1.165) is 11.5 Å². The van der Waals surface area contributed by atoms with E-state index in [9.17, 15) is 0 Å². The molecule has 0 amide bonds. The standard InChI is InChI=1S/2C14H25OSi.2ClH.Zr/c2*1-10-11(2)14(6,13(3,4)5)9-12(10)15-16(7)8;;;/h2*16H,1-8H3;2*1H;/q2*-1;;;+4/p-2. The zero-order valence-electron chi connectivity index (χ0n) is 25.2. The van der Waals surface area contributed by atoms with E-state index in [-0.39, 0.29) is 72.7 Å². The molecule has 0 aromatic heterocycles. The summed E-state index contributed by atoms with van der Waals surface area (Å²) in [6.07, 6.45) is 7.19. The quantitative estimate of drug-likeness (QED) is 0.348. The molecule has 2 aliphatic carbocycles. The summed E-state index contributed by atoms with van der Waals surface area (Å²) in [7, 11) is -2.07. The molecule has 0 aromatic rings. The van der Waals surface area contributed by atoms with Crippen LogP contribution >= 0.6 is 0 Å². The van der Waals surface area contributed by atoms with Gasteiger partial charge >= 0.3 is 26.2 Å². The Morgan fingerprint density at radius 2 is 0.829 bits per heavy atom. The second-order valence-electron chi connectivity index (χ2n) is 12.5. The maximum absolute atomic E-state index is 5.97. The zero-order chi connectivity index (χ0) is 25.4. The van der Waals surface area contributed by atoms with Crippen molar-refractivity contribution in [3.63, 3.8) is 0 Å². The van der Waals surface area contributed by atoms with Crippen LogP contribution in [0.5, 0.6) is 0 Å². The topological polar surface area (TPSA) is 18.5 Å². The Morgan fingerprint density at radius 1 is 0.600 bits per heavy atom. The summed E-state index contributed by atoms with van der Waals surface area (Å²) >= 11 is 0. The van der Waals surface area contributed by atoms with E-state index in [0.29, 0.717) is 0 Å². The van der Waals surface area contributed by atoms with Crippen molar-refractivity contribution in [3.05, 3.63) is 46.0 Å². The van der Waals surface area contributed by atoms with Gasteiger partial charge in [-0.3, -0.25) is 0 Å². The first-order chi connectivity index (χ1) is 14.2. The third-order valence-corrected chi connectivity index (χ3v) is 9.15. The van der Waals surface area contributed by atoms with Crippen LogP contribution in [0.3, 0.4) is 0 Å². The summed E-state index contributed by atoms with van der Waals surface area (Å²) in [5.41, 5.74) is 5.78. The molecule has 2 atom stereocenters. The molecule has 200 valence electrons. The zero-order valence-corrected chi connectivity index (χ0v) is 31.5. The van der Waals surface area contributed by atoms with Crippen LogP contribution in [-0.2, 0) is 35.1 Å². The van der Waals surface area contributed by atoms with Crippen molar-refractivity contribution in [1.29, 1.82) is 0 Å². The van der Waals surface area contributed by atoms with E-state index in [1.165, 1.54) is 22.3 Å². The Hall–Kier alpha value is 0.457. The molecule has 2 aliphatic rings. The van der Waals surface area contributed by atoms with Crippen molar-refractivity contribution in [3.8, 4) is 0 Å². The molecule has 2 unspecified atom stereocenters. The molecule has 0 bridgehead atoms. The Kier molecular flexibility index (Phi) is 16.0. The molecule has 0 saturated heterocycles. The molecule has 7 heteroatoms. The van der Waals surface area contributed by atoms with E-state index in [2.05, 4.69) is 121 Å². The van der Waals surface area contributed by atoms with Gasteiger partial charge in [0.25, 0.3) is 0 Å². The fraction of sp³-hybridized carbons (Fsp3) is 0.714. The fourth-order valence-corrected chi connectivity index (χ4v) is 5.54. The largest absolute Gasteiger partial charge is 4.00 e. The smallest absolute Gasteiger partial charge is 1.00 e. The molecule has 0 aliphatic heterocycles. The van der Waals surface area contributed by atoms with Gasteiger partial charge in [-0.2, -0.15) is 22.3 Å². The van der Waals surface area contributed by atoms with Gasteiger partial charge in [0.05, 0.1) is 0 Å². The van der Waals surface area contributed by atoms with Crippen LogP contribution in [0.2, 0.25) is 26.2 Å². The van der Waals surface area contributed by atoms with Crippen LogP contribution in [0.1, 0.15) is 83.1 Å². The number of halogens is 2. The van der Waals surface area contributed by atoms with Crippen LogP contribution in [-0.4, -0.2) is 18.1 Å². The third-order valence-electron chi connectivity index (χ3n) is 7.74. The van der Waals surface area contributed by atoms with Gasteiger partial charge < -0.3 is 33.7 Å². The summed E-state index contributed by atoms with van der Waals surface area (Å²) in [6.45, 7) is 35.7. The number of allylic oxidation sites excluding steroid dienone is 6. The molecular weight excluding hydrogens is 587 g/mol. The summed E-state index contributed by atoms with van der Waals surface area (Å²) in [6, 6.07) is 0. The predicted molar refractivity (Wildman–Crippen MR) is 145 cm³/mol. The van der Waals surface area contributed by atoms with Crippen molar-refractivity contribution in [2.24, 2.45) is 21.7 Å². The third kappa shape index (κ3) is 8.74. The summed E-state index contributed by atoms with van der Waals surface area (Å²) in [5, 5.41) is 0. The molecule has 0 spiro atoms. The first-order valence-corrected chi connectivity index (χ1v) is 17.8. The second-order valence-corrected chi connectivity index (χ2v) is 17.2. The summed E-state index contributed by atoms with van der Waals surface area (Å²) in [5.74, 6) is 2.02. The van der Waals surface area contributed by atoms with Gasteiger partial charge in [0.15, 0.2) is 0 Å². The molecule has 2 rings (SSSR count). The minimum Gasteiger partial charge on any atom is -1.00 e. The van der Waals surface area contributed by atoms with Gasteiger partial charge in [0, 0.05) is 0 Å². The Labute approximate surface area is 253 Å². The average Bonchev–Trinajstić information content (AvgIpc) is 2.95. The number of hydrogen-bond acceptors (Lipinski definition) is 2. The maximum atomic E-state index is 5.97. The van der Waals surface area contributed by atoms with E-state index in [1.807, 2.05) is 0 Å². The molecule has 2 nitrogen and oxygen atoms in total. The van der Waals surface area contributed by atoms with Crippen LogP contribution in [0.4, 0.5) is 0 Å². The fourth-order valence-electron chi connectivity index (χ4n) is 4.13. The number of hydrogen-bond donors (Lipinski definition) is 0. The first-order valence-electron chi connectivity index (χ1n) is 12.2. The van der Waals surface area contributed by atoms with Gasteiger partial charge in [-0.1, -0.05) is 91.6 Å². The molecule has 0 aromatic carbocycles. The SMILES string of the molecule is CC1=C(C)C(C)(C(C)(C)C)[C-]=C1O[SiH](C)C.CC1=C(C)C(C)(C(C)(C)C)[C-]=C1O[SiH](C)C.[Cl-].[Cl-].[Zr+4]. The van der Waals surface area contributed by atoms with Crippen molar-refractivity contribution >= 4 is 18.1 Å². The minimum absolute atomic E-state index is 0. The van der Waals surface area contributed by atoms with Crippen LogP contribution in [0, 0.1) is 33.8 Å². The van der Waals surface area contributed by atoms with E-state index in [1.54, 1.807) is 0 Å². The van der Waals surface area contributed by atoms with Crippen molar-refractivity contribution in [2.75, 3.05) is 0 Å². The normalized spacial score (nSPS) is 24.2. The van der Waals surface area contributed by atoms with Gasteiger partial charge in [-0.05, 0) is 37.0 Å². The van der Waals surface area contributed by atoms with E-state index in [4.69, 9.17) is 8.85 Å². The summed E-state index contributed by atoms with van der Waals surface area (Å²) < 4.78 is 11.9. The van der Waals surface area contributed by atoms with Gasteiger partial charge in [-0.25, -0.2) is 12.2 Å². The minimum atomic E-state index is -1.04. The summed E-state index contributed by atoms with van der Waals surface area (Å²) in [4.78, 5) is 0. The van der Waals surface area contributed by atoms with Crippen molar-refractivity contribution in [1.82, 2.24) is 0 Å². The molecule has 0 N–H and O–H groups in total.